The zero-order valence-corrected chi connectivity index (χ0v) is 37.9. The van der Waals surface area contributed by atoms with Gasteiger partial charge in [0.05, 0.1) is 6.10 Å². The van der Waals surface area contributed by atoms with E-state index in [4.69, 9.17) is 0 Å². The molecule has 0 heterocycles. The number of fused-ring (bicyclic) bond motifs is 5. The first-order valence-corrected chi connectivity index (χ1v) is 24.2. The third-order valence-electron chi connectivity index (χ3n) is 14.5. The molecule has 54 heavy (non-hydrogen) atoms. The van der Waals surface area contributed by atoms with Crippen molar-refractivity contribution in [1.29, 1.82) is 0 Å². The smallest absolute Gasteiger partial charge is 0.120 e. The quantitative estimate of drug-likeness (QED) is 0.0619. The van der Waals surface area contributed by atoms with Crippen molar-refractivity contribution < 1.29 is 12.8 Å². The SMILES string of the molecule is C.CC.CC.CCCCCCCCCCCCCCNCCCC=O.CC[C@H](CCCC(C)C)C1CCC2[C@@H]3CC=C4CC(O)CC[C@]4(C)C3CCC12C.[HH].[HH]. The molecule has 0 aromatic heterocycles. The molecule has 3 saturated carbocycles. The third-order valence-corrected chi connectivity index (χ3v) is 14.5. The molecule has 326 valence electrons. The second kappa shape index (κ2) is 31.3. The van der Waals surface area contributed by atoms with Gasteiger partial charge in [-0.05, 0) is 124 Å². The van der Waals surface area contributed by atoms with Crippen LogP contribution in [0, 0.1) is 46.3 Å². The fourth-order valence-corrected chi connectivity index (χ4v) is 11.5. The van der Waals surface area contributed by atoms with E-state index in [1.165, 1.54) is 141 Å². The molecule has 4 aliphatic carbocycles. The van der Waals surface area contributed by atoms with Crippen LogP contribution in [-0.4, -0.2) is 30.6 Å². The molecule has 4 aliphatic rings. The van der Waals surface area contributed by atoms with Crippen LogP contribution in [0.4, 0.5) is 0 Å². The third kappa shape index (κ3) is 17.4. The van der Waals surface area contributed by atoms with Gasteiger partial charge in [-0.1, -0.05) is 185 Å². The molecule has 0 bridgehead atoms. The topological polar surface area (TPSA) is 49.3 Å². The Morgan fingerprint density at radius 1 is 0.778 bits per heavy atom. The molecule has 3 fully saturated rings. The monoisotopic (exact) mass is 764 g/mol. The lowest BCUT2D eigenvalue weighted by Gasteiger charge is -2.58. The van der Waals surface area contributed by atoms with Crippen LogP contribution in [0.15, 0.2) is 11.6 Å². The zero-order chi connectivity index (χ0) is 39.5. The molecule has 0 amide bonds. The van der Waals surface area contributed by atoms with Gasteiger partial charge in [0.25, 0.3) is 0 Å². The molecule has 3 heteroatoms. The van der Waals surface area contributed by atoms with Crippen molar-refractivity contribution in [2.24, 2.45) is 46.3 Å². The Morgan fingerprint density at radius 2 is 1.37 bits per heavy atom. The molecule has 5 unspecified atom stereocenters. The molecule has 0 spiro atoms. The van der Waals surface area contributed by atoms with Crippen molar-refractivity contribution in [3.8, 4) is 0 Å². The molecular weight excluding hydrogens is 659 g/mol. The van der Waals surface area contributed by atoms with Gasteiger partial charge in [0.2, 0.25) is 0 Å². The molecule has 8 atom stereocenters. The fourth-order valence-electron chi connectivity index (χ4n) is 11.5. The van der Waals surface area contributed by atoms with Gasteiger partial charge in [0, 0.05) is 9.27 Å². The number of carbonyl (C=O) groups excluding carboxylic acids is 1. The van der Waals surface area contributed by atoms with Crippen molar-refractivity contribution in [3.63, 3.8) is 0 Å². The van der Waals surface area contributed by atoms with E-state index < -0.39 is 0 Å². The minimum Gasteiger partial charge on any atom is -0.393 e. The highest BCUT2D eigenvalue weighted by molar-refractivity contribution is 5.49. The number of carbonyl (C=O) groups is 1. The molecule has 2 N–H and O–H groups in total. The van der Waals surface area contributed by atoms with Gasteiger partial charge in [0.1, 0.15) is 6.29 Å². The Morgan fingerprint density at radius 3 is 1.94 bits per heavy atom. The van der Waals surface area contributed by atoms with E-state index in [9.17, 15) is 9.90 Å². The first kappa shape index (κ1) is 53.3. The van der Waals surface area contributed by atoms with Crippen LogP contribution in [0.5, 0.6) is 0 Å². The van der Waals surface area contributed by atoms with Crippen LogP contribution in [0.25, 0.3) is 0 Å². The first-order chi connectivity index (χ1) is 25.7. The van der Waals surface area contributed by atoms with E-state index in [0.29, 0.717) is 17.3 Å². The summed E-state index contributed by atoms with van der Waals surface area (Å²) in [6.07, 6.45) is 38.2. The Kier molecular flexibility index (Phi) is 30.9. The number of unbranched alkanes of at least 4 members (excludes halogenated alkanes) is 12. The maximum atomic E-state index is 10.2. The standard InChI is InChI=1S/C28H48O.C18H37NO.2C2H6.CH4.2H2/c1-6-20(9-7-8-19(2)3)24-12-13-25-23-11-10-21-18-22(29)14-16-27(21,4)26(23)15-17-28(24,25)5;1-2-3-4-5-6-7-8-9-10-11-12-13-16-19-17-14-15-18-20;2*1-2;;;/h10,19-20,22-26,29H,6-9,11-18H2,1-5H3;18-19H,2-17H2,1H3;2*1-2H3;1H4;2*1H/t20-,22?,23+,24?,25?,26?,27+,28?;;;;;;/m1....../s1. The Bertz CT molecular complexity index is 926. The average Bonchev–Trinajstić information content (AvgIpc) is 3.52. The summed E-state index contributed by atoms with van der Waals surface area (Å²) in [5, 5.41) is 13.6. The molecule has 0 aromatic carbocycles. The van der Waals surface area contributed by atoms with Gasteiger partial charge in [-0.3, -0.25) is 0 Å². The lowest BCUT2D eigenvalue weighted by molar-refractivity contribution is -0.107. The van der Waals surface area contributed by atoms with Gasteiger partial charge in [-0.2, -0.15) is 0 Å². The van der Waals surface area contributed by atoms with Crippen LogP contribution in [0.3, 0.4) is 0 Å². The summed E-state index contributed by atoms with van der Waals surface area (Å²) in [6, 6.07) is 0. The van der Waals surface area contributed by atoms with E-state index in [2.05, 4.69) is 52.9 Å². The van der Waals surface area contributed by atoms with Gasteiger partial charge >= 0.3 is 0 Å². The summed E-state index contributed by atoms with van der Waals surface area (Å²) < 4.78 is 0. The molecule has 4 rings (SSSR count). The number of hydrogen-bond acceptors (Lipinski definition) is 3. The Balaban J connectivity index is -0.000000927. The summed E-state index contributed by atoms with van der Waals surface area (Å²) in [6.45, 7) is 24.9. The predicted molar refractivity (Wildman–Crippen MR) is 247 cm³/mol. The lowest BCUT2D eigenvalue weighted by Crippen LogP contribution is -2.50. The number of hydrogen-bond donors (Lipinski definition) is 2. The number of nitrogens with one attached hydrogen (secondary N) is 1. The van der Waals surface area contributed by atoms with Crippen molar-refractivity contribution in [2.45, 2.75) is 250 Å². The molecule has 0 aromatic rings. The van der Waals surface area contributed by atoms with Gasteiger partial charge in [0.15, 0.2) is 0 Å². The minimum absolute atomic E-state index is 0. The van der Waals surface area contributed by atoms with Gasteiger partial charge in [-0.15, -0.1) is 0 Å². The van der Waals surface area contributed by atoms with Gasteiger partial charge in [-0.25, -0.2) is 0 Å². The van der Waals surface area contributed by atoms with Crippen LogP contribution in [0.1, 0.15) is 246 Å². The van der Waals surface area contributed by atoms with Crippen molar-refractivity contribution in [2.75, 3.05) is 13.1 Å². The van der Waals surface area contributed by atoms with Crippen molar-refractivity contribution >= 4 is 6.29 Å². The largest absolute Gasteiger partial charge is 0.393 e. The molecular formula is C51H105NO2. The highest BCUT2D eigenvalue weighted by Gasteiger charge is 2.59. The molecule has 0 saturated heterocycles. The van der Waals surface area contributed by atoms with Crippen LogP contribution < -0.4 is 5.32 Å². The van der Waals surface area contributed by atoms with Crippen LogP contribution in [0.2, 0.25) is 0 Å². The highest BCUT2D eigenvalue weighted by Crippen LogP contribution is 2.67. The summed E-state index contributed by atoms with van der Waals surface area (Å²) >= 11 is 0. The second-order valence-electron chi connectivity index (χ2n) is 18.3. The predicted octanol–water partition coefficient (Wildman–Crippen LogP) is 16.2. The second-order valence-corrected chi connectivity index (χ2v) is 18.3. The molecule has 0 radical (unpaired) electrons. The Labute approximate surface area is 344 Å². The number of aliphatic hydroxyl groups excluding tert-OH is 1. The fraction of sp³-hybridized carbons (Fsp3) is 0.941. The highest BCUT2D eigenvalue weighted by atomic mass is 16.3. The molecule has 3 nitrogen and oxygen atoms in total. The normalized spacial score (nSPS) is 28.6. The summed E-state index contributed by atoms with van der Waals surface area (Å²) in [7, 11) is 0. The van der Waals surface area contributed by atoms with E-state index in [-0.39, 0.29) is 16.4 Å². The number of aldehydes is 1. The maximum Gasteiger partial charge on any atom is 0.120 e. The van der Waals surface area contributed by atoms with E-state index in [0.717, 1.165) is 74.1 Å². The lowest BCUT2D eigenvalue weighted by atomic mass is 9.47. The van der Waals surface area contributed by atoms with Crippen molar-refractivity contribution in [1.82, 2.24) is 5.32 Å². The van der Waals surface area contributed by atoms with Crippen LogP contribution in [-0.2, 0) is 4.79 Å². The van der Waals surface area contributed by atoms with E-state index in [1.54, 1.807) is 5.57 Å². The summed E-state index contributed by atoms with van der Waals surface area (Å²) in [5.41, 5.74) is 2.61. The minimum atomic E-state index is -0.0771. The molecule has 0 aliphatic heterocycles. The number of rotatable bonds is 23. The zero-order valence-electron chi connectivity index (χ0n) is 37.9. The van der Waals surface area contributed by atoms with Crippen LogP contribution >= 0.6 is 0 Å². The summed E-state index contributed by atoms with van der Waals surface area (Å²) in [5.74, 6) is 5.52. The Hall–Kier alpha value is -0.670. The maximum absolute atomic E-state index is 10.2. The van der Waals surface area contributed by atoms with E-state index >= 15 is 0 Å². The number of allylic oxidation sites excluding steroid dienone is 1. The average molecular weight is 764 g/mol. The number of aliphatic hydroxyl groups is 1. The van der Waals surface area contributed by atoms with Crippen molar-refractivity contribution in [3.05, 3.63) is 11.6 Å². The van der Waals surface area contributed by atoms with Gasteiger partial charge < -0.3 is 15.2 Å². The summed E-state index contributed by atoms with van der Waals surface area (Å²) in [4.78, 5) is 10.1. The first-order valence-electron chi connectivity index (χ1n) is 24.2. The van der Waals surface area contributed by atoms with E-state index in [1.807, 2.05) is 27.7 Å².